The van der Waals surface area contributed by atoms with Gasteiger partial charge in [-0.1, -0.05) is 48.3 Å². The van der Waals surface area contributed by atoms with Gasteiger partial charge in [0.1, 0.15) is 11.1 Å². The number of primary amides is 1. The van der Waals surface area contributed by atoms with Gasteiger partial charge in [-0.25, -0.2) is 0 Å². The zero-order chi connectivity index (χ0) is 22.0. The molecule has 5 N–H and O–H groups in total. The van der Waals surface area contributed by atoms with Gasteiger partial charge in [-0.3, -0.25) is 14.4 Å². The largest absolute Gasteiger partial charge is 0.369 e. The fourth-order valence-corrected chi connectivity index (χ4v) is 3.37. The number of aromatic nitrogens is 1. The molecule has 1 atom stereocenters. The van der Waals surface area contributed by atoms with Crippen molar-refractivity contribution in [3.63, 3.8) is 0 Å². The number of rotatable bonds is 8. The van der Waals surface area contributed by atoms with E-state index < -0.39 is 22.6 Å². The number of hydrogen-bond acceptors (Lipinski definition) is 3. The van der Waals surface area contributed by atoms with E-state index in [1.165, 1.54) is 6.92 Å². The van der Waals surface area contributed by atoms with Crippen molar-refractivity contribution in [1.82, 2.24) is 15.6 Å². The first kappa shape index (κ1) is 23.2. The predicted molar refractivity (Wildman–Crippen MR) is 118 cm³/mol. The Hall–Kier alpha value is -2.06. The maximum Gasteiger partial charge on any atom is 0.269 e. The summed E-state index contributed by atoms with van der Waals surface area (Å²) < 4.78 is 0.866. The molecule has 0 saturated carbocycles. The SMILES string of the molecule is CCC(C)(C(N)=O)C(=O)NCC(C)(C)CNC(=O)c1[nH]c2ccc(Br)cc2c1Cl. The molecule has 0 aliphatic rings. The summed E-state index contributed by atoms with van der Waals surface area (Å²) in [5.41, 5.74) is 4.69. The number of halogens is 2. The van der Waals surface area contributed by atoms with E-state index in [1.807, 2.05) is 32.0 Å². The molecule has 9 heteroatoms. The van der Waals surface area contributed by atoms with Crippen LogP contribution in [-0.4, -0.2) is 35.8 Å². The molecule has 0 spiro atoms. The number of nitrogens with one attached hydrogen (secondary N) is 3. The molecule has 158 valence electrons. The molecular weight excluding hydrogens is 460 g/mol. The Bertz CT molecular complexity index is 957. The van der Waals surface area contributed by atoms with Crippen LogP contribution in [0.5, 0.6) is 0 Å². The minimum absolute atomic E-state index is 0.266. The highest BCUT2D eigenvalue weighted by Crippen LogP contribution is 2.30. The average Bonchev–Trinajstić information content (AvgIpc) is 2.99. The molecule has 2 aromatic rings. The average molecular weight is 486 g/mol. The van der Waals surface area contributed by atoms with Gasteiger partial charge in [0.05, 0.1) is 5.02 Å². The van der Waals surface area contributed by atoms with Crippen LogP contribution in [0, 0.1) is 10.8 Å². The maximum atomic E-state index is 12.6. The molecule has 0 aliphatic heterocycles. The fraction of sp³-hybridized carbons (Fsp3) is 0.450. The molecule has 0 bridgehead atoms. The minimum Gasteiger partial charge on any atom is -0.369 e. The van der Waals surface area contributed by atoms with Gasteiger partial charge in [0.25, 0.3) is 5.91 Å². The second kappa shape index (κ2) is 8.75. The molecule has 1 heterocycles. The summed E-state index contributed by atoms with van der Waals surface area (Å²) in [5.74, 6) is -1.42. The summed E-state index contributed by atoms with van der Waals surface area (Å²) in [7, 11) is 0. The second-order valence-electron chi connectivity index (χ2n) is 8.08. The Morgan fingerprint density at radius 3 is 2.38 bits per heavy atom. The Balaban J connectivity index is 2.01. The van der Waals surface area contributed by atoms with Crippen LogP contribution >= 0.6 is 27.5 Å². The quantitative estimate of drug-likeness (QED) is 0.429. The van der Waals surface area contributed by atoms with Crippen LogP contribution in [0.25, 0.3) is 10.9 Å². The molecule has 1 aromatic heterocycles. The summed E-state index contributed by atoms with van der Waals surface area (Å²) in [6.45, 7) is 7.60. The van der Waals surface area contributed by atoms with Gasteiger partial charge < -0.3 is 21.4 Å². The molecule has 0 radical (unpaired) electrons. The summed E-state index contributed by atoms with van der Waals surface area (Å²) in [5, 5.41) is 6.72. The summed E-state index contributed by atoms with van der Waals surface area (Å²) in [6, 6.07) is 5.54. The van der Waals surface area contributed by atoms with Crippen LogP contribution in [0.4, 0.5) is 0 Å². The monoisotopic (exact) mass is 484 g/mol. The van der Waals surface area contributed by atoms with Crippen molar-refractivity contribution in [2.24, 2.45) is 16.6 Å². The van der Waals surface area contributed by atoms with E-state index >= 15 is 0 Å². The Morgan fingerprint density at radius 2 is 1.79 bits per heavy atom. The minimum atomic E-state index is -1.26. The normalized spacial score (nSPS) is 13.7. The summed E-state index contributed by atoms with van der Waals surface area (Å²) >= 11 is 9.75. The molecule has 3 amide bonds. The zero-order valence-corrected chi connectivity index (χ0v) is 19.3. The van der Waals surface area contributed by atoms with Crippen LogP contribution in [0.1, 0.15) is 44.6 Å². The number of hydrogen-bond donors (Lipinski definition) is 4. The highest BCUT2D eigenvalue weighted by molar-refractivity contribution is 9.10. The number of amides is 3. The number of benzene rings is 1. The topological polar surface area (TPSA) is 117 Å². The Labute approximate surface area is 183 Å². The molecular formula is C20H26BrClN4O3. The van der Waals surface area contributed by atoms with Crippen molar-refractivity contribution >= 4 is 56.2 Å². The lowest BCUT2D eigenvalue weighted by Crippen LogP contribution is -2.50. The van der Waals surface area contributed by atoms with Crippen LogP contribution in [-0.2, 0) is 9.59 Å². The number of carbonyl (C=O) groups excluding carboxylic acids is 3. The highest BCUT2D eigenvalue weighted by Gasteiger charge is 2.38. The van der Waals surface area contributed by atoms with Crippen molar-refractivity contribution in [1.29, 1.82) is 0 Å². The maximum absolute atomic E-state index is 12.6. The zero-order valence-electron chi connectivity index (χ0n) is 16.9. The van der Waals surface area contributed by atoms with Gasteiger partial charge in [-0.2, -0.15) is 0 Å². The highest BCUT2D eigenvalue weighted by atomic mass is 79.9. The Kier molecular flexibility index (Phi) is 7.01. The molecule has 2 rings (SSSR count). The fourth-order valence-electron chi connectivity index (χ4n) is 2.72. The van der Waals surface area contributed by atoms with E-state index in [0.717, 1.165) is 15.4 Å². The third-order valence-electron chi connectivity index (χ3n) is 5.13. The standard InChI is InChI=1S/C20H26BrClN4O3/c1-5-20(4,17(23)28)18(29)25-10-19(2,3)9-24-16(27)15-14(22)12-8-11(21)6-7-13(12)26-15/h6-8,26H,5,9-10H2,1-4H3,(H2,23,28)(H,24,27)(H,25,29). The van der Waals surface area contributed by atoms with Crippen LogP contribution in [0.3, 0.4) is 0 Å². The number of fused-ring (bicyclic) bond motifs is 1. The van der Waals surface area contributed by atoms with Crippen molar-refractivity contribution in [3.8, 4) is 0 Å². The molecule has 0 aliphatic carbocycles. The first-order valence-electron chi connectivity index (χ1n) is 9.24. The van der Waals surface area contributed by atoms with E-state index in [4.69, 9.17) is 17.3 Å². The smallest absolute Gasteiger partial charge is 0.269 e. The lowest BCUT2D eigenvalue weighted by molar-refractivity contribution is -0.141. The number of H-pyrrole nitrogens is 1. The Morgan fingerprint density at radius 1 is 1.17 bits per heavy atom. The van der Waals surface area contributed by atoms with Crippen LogP contribution in [0.2, 0.25) is 5.02 Å². The van der Waals surface area contributed by atoms with Crippen molar-refractivity contribution in [2.75, 3.05) is 13.1 Å². The summed E-state index contributed by atoms with van der Waals surface area (Å²) in [4.78, 5) is 39.6. The second-order valence-corrected chi connectivity index (χ2v) is 9.38. The first-order chi connectivity index (χ1) is 13.4. The third-order valence-corrected chi connectivity index (χ3v) is 6.02. The lowest BCUT2D eigenvalue weighted by Gasteiger charge is -2.29. The summed E-state index contributed by atoms with van der Waals surface area (Å²) in [6.07, 6.45) is 0.306. The molecule has 1 unspecified atom stereocenters. The van der Waals surface area contributed by atoms with Crippen molar-refractivity contribution < 1.29 is 14.4 Å². The van der Waals surface area contributed by atoms with E-state index in [9.17, 15) is 14.4 Å². The van der Waals surface area contributed by atoms with Gasteiger partial charge in [0.15, 0.2) is 0 Å². The van der Waals surface area contributed by atoms with E-state index in [0.29, 0.717) is 18.0 Å². The number of nitrogens with two attached hydrogens (primary N) is 1. The van der Waals surface area contributed by atoms with Gasteiger partial charge in [0.2, 0.25) is 11.8 Å². The van der Waals surface area contributed by atoms with E-state index in [-0.39, 0.29) is 18.1 Å². The lowest BCUT2D eigenvalue weighted by atomic mass is 9.85. The van der Waals surface area contributed by atoms with Gasteiger partial charge in [-0.05, 0) is 37.0 Å². The van der Waals surface area contributed by atoms with Crippen LogP contribution in [0.15, 0.2) is 22.7 Å². The molecule has 0 saturated heterocycles. The molecule has 29 heavy (non-hydrogen) atoms. The predicted octanol–water partition coefficient (Wildman–Crippen LogP) is 3.36. The van der Waals surface area contributed by atoms with Gasteiger partial charge in [0, 0.05) is 28.5 Å². The molecule has 0 fully saturated rings. The van der Waals surface area contributed by atoms with Gasteiger partial charge in [-0.15, -0.1) is 0 Å². The number of carbonyl (C=O) groups is 3. The third kappa shape index (κ3) is 5.11. The van der Waals surface area contributed by atoms with Crippen molar-refractivity contribution in [2.45, 2.75) is 34.1 Å². The van der Waals surface area contributed by atoms with E-state index in [1.54, 1.807) is 6.92 Å². The van der Waals surface area contributed by atoms with Crippen molar-refractivity contribution in [3.05, 3.63) is 33.4 Å². The number of aromatic amines is 1. The van der Waals surface area contributed by atoms with E-state index in [2.05, 4.69) is 31.5 Å². The molecule has 1 aromatic carbocycles. The van der Waals surface area contributed by atoms with Crippen LogP contribution < -0.4 is 16.4 Å². The van der Waals surface area contributed by atoms with Gasteiger partial charge >= 0.3 is 0 Å². The molecule has 7 nitrogen and oxygen atoms in total. The first-order valence-corrected chi connectivity index (χ1v) is 10.4.